The average Bonchev–Trinajstić information content (AvgIpc) is 3.61. The highest BCUT2D eigenvalue weighted by Crippen LogP contribution is 2.46. The lowest BCUT2D eigenvalue weighted by atomic mass is 9.72. The molecule has 1 saturated heterocycles. The van der Waals surface area contributed by atoms with E-state index >= 15 is 0 Å². The minimum Gasteiger partial charge on any atom is -0.444 e. The number of rotatable bonds is 11. The maximum atomic E-state index is 14.0. The summed E-state index contributed by atoms with van der Waals surface area (Å²) in [7, 11) is 0. The van der Waals surface area contributed by atoms with Gasteiger partial charge in [-0.2, -0.15) is 0 Å². The van der Waals surface area contributed by atoms with Gasteiger partial charge in [-0.15, -0.1) is 0 Å². The molecule has 0 aromatic heterocycles. The van der Waals surface area contributed by atoms with Gasteiger partial charge in [0.05, 0.1) is 6.04 Å². The molecule has 1 spiro atoms. The van der Waals surface area contributed by atoms with Gasteiger partial charge in [0.1, 0.15) is 17.7 Å². The number of hydrogen-bond donors (Lipinski definition) is 3. The molecule has 42 heavy (non-hydrogen) atoms. The molecule has 2 aliphatic carbocycles. The third-order valence-corrected chi connectivity index (χ3v) is 8.25. The Balaban J connectivity index is 1.84. The number of carbonyl (C=O) groups excluding carboxylic acids is 5. The maximum Gasteiger partial charge on any atom is 0.408 e. The number of nitrogens with one attached hydrogen (secondary N) is 3. The van der Waals surface area contributed by atoms with Crippen molar-refractivity contribution < 1.29 is 37.5 Å². The number of hydrogen-bond acceptors (Lipinski definition) is 6. The van der Waals surface area contributed by atoms with Crippen LogP contribution in [0.4, 0.5) is 13.6 Å². The molecule has 3 rings (SSSR count). The van der Waals surface area contributed by atoms with Crippen LogP contribution in [0.15, 0.2) is 0 Å². The lowest BCUT2D eigenvalue weighted by molar-refractivity contribution is -0.143. The fourth-order valence-electron chi connectivity index (χ4n) is 5.89. The molecule has 238 valence electrons. The van der Waals surface area contributed by atoms with Gasteiger partial charge in [0, 0.05) is 19.0 Å². The first-order valence-electron chi connectivity index (χ1n) is 15.2. The highest BCUT2D eigenvalue weighted by molar-refractivity contribution is 6.38. The summed E-state index contributed by atoms with van der Waals surface area (Å²) in [4.78, 5) is 67.4. The Morgan fingerprint density at radius 1 is 0.976 bits per heavy atom. The molecule has 0 aromatic carbocycles. The molecule has 2 saturated carbocycles. The van der Waals surface area contributed by atoms with E-state index in [1.165, 1.54) is 4.90 Å². The van der Waals surface area contributed by atoms with Gasteiger partial charge in [-0.25, -0.2) is 13.6 Å². The second-order valence-electron chi connectivity index (χ2n) is 13.9. The smallest absolute Gasteiger partial charge is 0.408 e. The summed E-state index contributed by atoms with van der Waals surface area (Å²) >= 11 is 0. The Kier molecular flexibility index (Phi) is 10.6. The van der Waals surface area contributed by atoms with Gasteiger partial charge in [0.25, 0.3) is 5.91 Å². The first kappa shape index (κ1) is 33.7. The van der Waals surface area contributed by atoms with Crippen LogP contribution >= 0.6 is 0 Å². The third-order valence-electron chi connectivity index (χ3n) is 8.25. The van der Waals surface area contributed by atoms with E-state index in [-0.39, 0.29) is 17.4 Å². The summed E-state index contributed by atoms with van der Waals surface area (Å²) in [6.07, 6.45) is 4.54. The zero-order valence-electron chi connectivity index (χ0n) is 25.8. The van der Waals surface area contributed by atoms with Crippen LogP contribution in [0.1, 0.15) is 106 Å². The van der Waals surface area contributed by atoms with E-state index in [4.69, 9.17) is 4.74 Å². The van der Waals surface area contributed by atoms with Crippen LogP contribution in [-0.2, 0) is 23.9 Å². The van der Waals surface area contributed by atoms with Gasteiger partial charge >= 0.3 is 6.09 Å². The molecule has 0 bridgehead atoms. The Bertz CT molecular complexity index is 1030. The van der Waals surface area contributed by atoms with Crippen molar-refractivity contribution >= 4 is 29.6 Å². The minimum atomic E-state index is -3.10. The van der Waals surface area contributed by atoms with Gasteiger partial charge in [0.2, 0.25) is 23.5 Å². The summed E-state index contributed by atoms with van der Waals surface area (Å²) in [6.45, 7) is 9.71. The standard InChI is InChI=1S/C30H48F2N4O6/c1-18(2)22(35-27(41)42-28(3,4)5)26(40)36-17-30(13-8-7-9-14-30)16-21(36)24(38)34-20(12-15-29(6,31)32)23(37)25(39)33-19-10-11-19/h18-22H,7-17H2,1-6H3,(H,33,39)(H,34,38)(H,35,41)/t20-,21-,22-/m0/s1. The van der Waals surface area contributed by atoms with Crippen LogP contribution in [0.5, 0.6) is 0 Å². The predicted molar refractivity (Wildman–Crippen MR) is 152 cm³/mol. The van der Waals surface area contributed by atoms with Gasteiger partial charge < -0.3 is 25.6 Å². The Morgan fingerprint density at radius 3 is 2.12 bits per heavy atom. The fraction of sp³-hybridized carbons (Fsp3) is 0.833. The molecular weight excluding hydrogens is 550 g/mol. The van der Waals surface area contributed by atoms with E-state index in [1.807, 2.05) is 0 Å². The van der Waals surface area contributed by atoms with Crippen molar-refractivity contribution in [2.75, 3.05) is 6.54 Å². The first-order valence-corrected chi connectivity index (χ1v) is 15.2. The molecule has 3 N–H and O–H groups in total. The number of ketones is 1. The number of ether oxygens (including phenoxy) is 1. The monoisotopic (exact) mass is 598 g/mol. The van der Waals surface area contributed by atoms with Crippen molar-refractivity contribution in [2.45, 2.75) is 141 Å². The van der Waals surface area contributed by atoms with Crippen molar-refractivity contribution in [2.24, 2.45) is 11.3 Å². The molecule has 12 heteroatoms. The Labute approximate surface area is 247 Å². The fourth-order valence-corrected chi connectivity index (χ4v) is 5.89. The number of likely N-dealkylation sites (tertiary alicyclic amines) is 1. The lowest BCUT2D eigenvalue weighted by Crippen LogP contribution is -2.57. The topological polar surface area (TPSA) is 134 Å². The first-order chi connectivity index (χ1) is 19.4. The van der Waals surface area contributed by atoms with Crippen LogP contribution in [0.2, 0.25) is 0 Å². The maximum absolute atomic E-state index is 14.0. The lowest BCUT2D eigenvalue weighted by Gasteiger charge is -2.34. The molecule has 10 nitrogen and oxygen atoms in total. The van der Waals surface area contributed by atoms with Gasteiger partial charge in [0.15, 0.2) is 0 Å². The van der Waals surface area contributed by atoms with E-state index < -0.39 is 72.1 Å². The van der Waals surface area contributed by atoms with Crippen molar-refractivity contribution in [3.05, 3.63) is 0 Å². The number of alkyl halides is 2. The van der Waals surface area contributed by atoms with Crippen LogP contribution in [0, 0.1) is 11.3 Å². The van der Waals surface area contributed by atoms with Crippen molar-refractivity contribution in [1.82, 2.24) is 20.9 Å². The largest absolute Gasteiger partial charge is 0.444 e. The summed E-state index contributed by atoms with van der Waals surface area (Å²) < 4.78 is 32.9. The van der Waals surface area contributed by atoms with Crippen LogP contribution in [-0.4, -0.2) is 76.7 Å². The number of nitrogens with zero attached hydrogens (tertiary/aromatic N) is 1. The van der Waals surface area contributed by atoms with Crippen molar-refractivity contribution in [1.29, 1.82) is 0 Å². The number of carbonyl (C=O) groups is 5. The zero-order chi connectivity index (χ0) is 31.5. The van der Waals surface area contributed by atoms with Crippen molar-refractivity contribution in [3.63, 3.8) is 0 Å². The SMILES string of the molecule is CC(C)[C@H](NC(=O)OC(C)(C)C)C(=O)N1CC2(CCCCC2)C[C@H]1C(=O)N[C@@H](CCC(C)(F)F)C(=O)C(=O)NC1CC1. The number of alkyl carbamates (subject to hydrolysis) is 1. The quantitative estimate of drug-likeness (QED) is 0.310. The molecule has 3 fully saturated rings. The van der Waals surface area contributed by atoms with Crippen LogP contribution in [0.25, 0.3) is 0 Å². The third kappa shape index (κ3) is 9.62. The molecule has 0 aromatic rings. The van der Waals surface area contributed by atoms with Gasteiger partial charge in [-0.1, -0.05) is 33.1 Å². The highest BCUT2D eigenvalue weighted by Gasteiger charge is 2.51. The second kappa shape index (κ2) is 13.2. The summed E-state index contributed by atoms with van der Waals surface area (Å²) in [5.74, 6) is -6.43. The number of halogens is 2. The molecule has 1 aliphatic heterocycles. The average molecular weight is 599 g/mol. The van der Waals surface area contributed by atoms with E-state index in [1.54, 1.807) is 34.6 Å². The van der Waals surface area contributed by atoms with Gasteiger partial charge in [-0.3, -0.25) is 19.2 Å². The number of Topliss-reactive ketones (excluding diaryl/α,β-unsaturated/α-hetero) is 1. The molecule has 3 aliphatic rings. The Morgan fingerprint density at radius 2 is 1.60 bits per heavy atom. The molecule has 0 unspecified atom stereocenters. The molecule has 0 radical (unpaired) electrons. The van der Waals surface area contributed by atoms with Gasteiger partial charge in [-0.05, 0) is 77.6 Å². The van der Waals surface area contributed by atoms with Crippen molar-refractivity contribution in [3.8, 4) is 0 Å². The normalized spacial score (nSPS) is 21.9. The van der Waals surface area contributed by atoms with E-state index in [0.29, 0.717) is 19.9 Å². The van der Waals surface area contributed by atoms with E-state index in [0.717, 1.165) is 44.9 Å². The summed E-state index contributed by atoms with van der Waals surface area (Å²) in [5, 5.41) is 7.79. The molecule has 3 atom stereocenters. The minimum absolute atomic E-state index is 0.120. The molecule has 1 heterocycles. The van der Waals surface area contributed by atoms with E-state index in [9.17, 15) is 32.8 Å². The highest BCUT2D eigenvalue weighted by atomic mass is 19.3. The predicted octanol–water partition coefficient (Wildman–Crippen LogP) is 3.86. The number of amides is 4. The van der Waals surface area contributed by atoms with Crippen LogP contribution < -0.4 is 16.0 Å². The molecular formula is C30H48F2N4O6. The summed E-state index contributed by atoms with van der Waals surface area (Å²) in [5.41, 5.74) is -1.08. The molecule has 4 amide bonds. The van der Waals surface area contributed by atoms with E-state index in [2.05, 4.69) is 16.0 Å². The summed E-state index contributed by atoms with van der Waals surface area (Å²) in [6, 6.07) is -3.54. The zero-order valence-corrected chi connectivity index (χ0v) is 25.8. The van der Waals surface area contributed by atoms with Crippen LogP contribution in [0.3, 0.4) is 0 Å². The second-order valence-corrected chi connectivity index (χ2v) is 13.9. The Hall–Kier alpha value is -2.79.